The first-order valence-electron chi connectivity index (χ1n) is 7.43. The van der Waals surface area contributed by atoms with Crippen LogP contribution in [-0.2, 0) is 0 Å². The van der Waals surface area contributed by atoms with E-state index in [4.69, 9.17) is 11.6 Å². The van der Waals surface area contributed by atoms with Gasteiger partial charge in [-0.25, -0.2) is 4.98 Å². The van der Waals surface area contributed by atoms with Gasteiger partial charge in [0.2, 0.25) is 0 Å². The number of benzene rings is 1. The molecule has 0 aliphatic carbocycles. The van der Waals surface area contributed by atoms with Gasteiger partial charge in [0.1, 0.15) is 9.88 Å². The minimum absolute atomic E-state index is 0.0550. The second-order valence-electron chi connectivity index (χ2n) is 5.25. The molecule has 0 saturated carbocycles. The maximum absolute atomic E-state index is 12.3. The summed E-state index contributed by atoms with van der Waals surface area (Å²) >= 11 is 8.45. The van der Waals surface area contributed by atoms with Crippen molar-refractivity contribution in [2.75, 3.05) is 0 Å². The lowest BCUT2D eigenvalue weighted by Gasteiger charge is -2.06. The summed E-state index contributed by atoms with van der Waals surface area (Å²) in [6, 6.07) is 8.76. The Kier molecular flexibility index (Phi) is 5.49. The van der Waals surface area contributed by atoms with Gasteiger partial charge in [0.15, 0.2) is 0 Å². The summed E-state index contributed by atoms with van der Waals surface area (Å²) in [5, 5.41) is 11.4. The number of rotatable bonds is 4. The molecule has 3 rings (SSSR count). The van der Waals surface area contributed by atoms with Gasteiger partial charge in [0.05, 0.1) is 19.8 Å². The molecule has 27 heavy (non-hydrogen) atoms. The number of nitro groups is 1. The van der Waals surface area contributed by atoms with Crippen LogP contribution < -0.4 is 10.9 Å². The molecule has 0 aliphatic rings. The summed E-state index contributed by atoms with van der Waals surface area (Å²) in [6.45, 7) is 1.69. The summed E-state index contributed by atoms with van der Waals surface area (Å²) in [4.78, 5) is 40.1. The molecule has 138 valence electrons. The van der Waals surface area contributed by atoms with Crippen molar-refractivity contribution in [1.29, 1.82) is 0 Å². The molecule has 0 bridgehead atoms. The van der Waals surface area contributed by atoms with Crippen molar-refractivity contribution in [2.45, 2.75) is 6.92 Å². The van der Waals surface area contributed by atoms with Crippen LogP contribution in [0.15, 0.2) is 36.4 Å². The van der Waals surface area contributed by atoms with Crippen molar-refractivity contribution in [2.24, 2.45) is 0 Å². The molecule has 0 fully saturated rings. The number of amides is 2. The molecule has 0 saturated heterocycles. The third-order valence-electron chi connectivity index (χ3n) is 3.40. The number of hydrogen-bond acceptors (Lipinski definition) is 7. The average molecular weight is 423 g/mol. The maximum atomic E-state index is 12.3. The number of carbonyl (C=O) groups is 2. The smallest absolute Gasteiger partial charge is 0.267 e. The first-order valence-corrected chi connectivity index (χ1v) is 9.44. The molecule has 0 atom stereocenters. The quantitative estimate of drug-likeness (QED) is 0.490. The number of nitrogens with one attached hydrogen (secondary N) is 2. The first kappa shape index (κ1) is 19.0. The van der Waals surface area contributed by atoms with Crippen molar-refractivity contribution in [1.82, 2.24) is 15.8 Å². The number of halogens is 1. The number of aryl methyl sites for hydroxylation is 1. The predicted octanol–water partition coefficient (Wildman–Crippen LogP) is 3.82. The molecule has 1 aromatic carbocycles. The van der Waals surface area contributed by atoms with Crippen LogP contribution in [0, 0.1) is 17.0 Å². The highest BCUT2D eigenvalue weighted by Crippen LogP contribution is 2.34. The summed E-state index contributed by atoms with van der Waals surface area (Å²) in [5.41, 5.74) is 4.89. The zero-order valence-corrected chi connectivity index (χ0v) is 16.1. The molecular formula is C16H11ClN4O4S2. The first-order chi connectivity index (χ1) is 12.8. The number of thiazole rings is 1. The van der Waals surface area contributed by atoms with Gasteiger partial charge in [-0.3, -0.25) is 30.6 Å². The highest BCUT2D eigenvalue weighted by atomic mass is 35.5. The number of thiophene rings is 1. The summed E-state index contributed by atoms with van der Waals surface area (Å²) in [5.74, 6) is -1.20. The molecule has 8 nitrogen and oxygen atoms in total. The number of carbonyl (C=O) groups excluding carboxylic acids is 2. The third-order valence-corrected chi connectivity index (χ3v) is 5.95. The fourth-order valence-electron chi connectivity index (χ4n) is 2.14. The zero-order chi connectivity index (χ0) is 19.6. The number of nitrogens with zero attached hydrogens (tertiary/aromatic N) is 2. The van der Waals surface area contributed by atoms with E-state index in [9.17, 15) is 19.7 Å². The Bertz CT molecular complexity index is 1050. The van der Waals surface area contributed by atoms with Crippen molar-refractivity contribution >= 4 is 51.8 Å². The fraction of sp³-hybridized carbons (Fsp3) is 0.0625. The highest BCUT2D eigenvalue weighted by molar-refractivity contribution is 7.24. The lowest BCUT2D eigenvalue weighted by molar-refractivity contribution is -0.384. The van der Waals surface area contributed by atoms with Crippen LogP contribution in [0.5, 0.6) is 0 Å². The van der Waals surface area contributed by atoms with Gasteiger partial charge in [0.25, 0.3) is 17.5 Å². The van der Waals surface area contributed by atoms with Crippen LogP contribution in [0.1, 0.15) is 25.7 Å². The Morgan fingerprint density at radius 3 is 2.56 bits per heavy atom. The lowest BCUT2D eigenvalue weighted by Crippen LogP contribution is -2.41. The molecule has 11 heteroatoms. The maximum Gasteiger partial charge on any atom is 0.281 e. The van der Waals surface area contributed by atoms with Gasteiger partial charge in [-0.05, 0) is 25.1 Å². The summed E-state index contributed by atoms with van der Waals surface area (Å²) in [6.07, 6.45) is 0. The van der Waals surface area contributed by atoms with Gasteiger partial charge < -0.3 is 0 Å². The van der Waals surface area contributed by atoms with Crippen LogP contribution in [0.2, 0.25) is 4.34 Å². The van der Waals surface area contributed by atoms with Gasteiger partial charge >= 0.3 is 0 Å². The minimum atomic E-state index is -0.667. The zero-order valence-electron chi connectivity index (χ0n) is 13.7. The number of hydrazine groups is 1. The molecule has 2 N–H and O–H groups in total. The van der Waals surface area contributed by atoms with E-state index in [-0.39, 0.29) is 11.3 Å². The molecule has 0 unspecified atom stereocenters. The second-order valence-corrected chi connectivity index (χ2v) is 7.97. The Morgan fingerprint density at radius 2 is 1.89 bits per heavy atom. The van der Waals surface area contributed by atoms with Crippen molar-refractivity contribution in [3.8, 4) is 9.88 Å². The average Bonchev–Trinajstić information content (AvgIpc) is 3.25. The van der Waals surface area contributed by atoms with E-state index >= 15 is 0 Å². The van der Waals surface area contributed by atoms with E-state index in [0.29, 0.717) is 19.9 Å². The Balaban J connectivity index is 1.69. The predicted molar refractivity (Wildman–Crippen MR) is 103 cm³/mol. The molecular weight excluding hydrogens is 412 g/mol. The Labute approximate surface area is 165 Å². The largest absolute Gasteiger partial charge is 0.281 e. The molecule has 2 heterocycles. The van der Waals surface area contributed by atoms with Crippen LogP contribution >= 0.6 is 34.3 Å². The molecule has 2 amide bonds. The molecule has 3 aromatic rings. The van der Waals surface area contributed by atoms with Gasteiger partial charge in [-0.2, -0.15) is 0 Å². The van der Waals surface area contributed by atoms with E-state index < -0.39 is 16.7 Å². The number of aromatic nitrogens is 1. The van der Waals surface area contributed by atoms with Crippen molar-refractivity contribution in [3.63, 3.8) is 0 Å². The topological polar surface area (TPSA) is 114 Å². The SMILES string of the molecule is Cc1nc(-c2ccc(Cl)s2)sc1C(=O)NNC(=O)c1cccc([N+](=O)[O-])c1. The monoisotopic (exact) mass is 422 g/mol. The van der Waals surface area contributed by atoms with E-state index in [1.54, 1.807) is 13.0 Å². The van der Waals surface area contributed by atoms with E-state index in [2.05, 4.69) is 15.8 Å². The standard InChI is InChI=1S/C16H11ClN4O4S2/c1-8-13(27-16(18-8)11-5-6-12(17)26-11)15(23)20-19-14(22)9-3-2-4-10(7-9)21(24)25/h2-7H,1H3,(H,19,22)(H,20,23). The van der Waals surface area contributed by atoms with Crippen LogP contribution in [-0.4, -0.2) is 21.7 Å². The lowest BCUT2D eigenvalue weighted by atomic mass is 10.2. The molecule has 0 spiro atoms. The summed E-state index contributed by atoms with van der Waals surface area (Å²) in [7, 11) is 0. The van der Waals surface area contributed by atoms with Crippen LogP contribution in [0.3, 0.4) is 0 Å². The third kappa shape index (κ3) is 4.30. The number of hydrogen-bond donors (Lipinski definition) is 2. The van der Waals surface area contributed by atoms with E-state index in [0.717, 1.165) is 10.9 Å². The van der Waals surface area contributed by atoms with Gasteiger partial charge in [-0.15, -0.1) is 22.7 Å². The van der Waals surface area contributed by atoms with Crippen molar-refractivity contribution in [3.05, 3.63) is 67.0 Å². The highest BCUT2D eigenvalue weighted by Gasteiger charge is 2.18. The number of nitro benzene ring substituents is 1. The molecule has 0 aliphatic heterocycles. The second kappa shape index (κ2) is 7.82. The van der Waals surface area contributed by atoms with Crippen molar-refractivity contribution < 1.29 is 14.5 Å². The van der Waals surface area contributed by atoms with E-state index in [1.165, 1.54) is 40.9 Å². The minimum Gasteiger partial charge on any atom is -0.267 e. The van der Waals surface area contributed by atoms with E-state index in [1.807, 2.05) is 6.07 Å². The normalized spacial score (nSPS) is 10.4. The summed E-state index contributed by atoms with van der Waals surface area (Å²) < 4.78 is 0.619. The van der Waals surface area contributed by atoms with Crippen LogP contribution in [0.4, 0.5) is 5.69 Å². The van der Waals surface area contributed by atoms with Gasteiger partial charge in [-0.1, -0.05) is 17.7 Å². The fourth-order valence-corrected chi connectivity index (χ4v) is 4.20. The molecule has 2 aromatic heterocycles. The Morgan fingerprint density at radius 1 is 1.15 bits per heavy atom. The van der Waals surface area contributed by atoms with Gasteiger partial charge in [0, 0.05) is 17.7 Å². The Hall–Kier alpha value is -2.82. The molecule has 0 radical (unpaired) electrons. The van der Waals surface area contributed by atoms with Crippen LogP contribution in [0.25, 0.3) is 9.88 Å². The number of non-ortho nitro benzene ring substituents is 1.